The van der Waals surface area contributed by atoms with Crippen molar-refractivity contribution in [1.29, 1.82) is 0 Å². The quantitative estimate of drug-likeness (QED) is 0.533. The summed E-state index contributed by atoms with van der Waals surface area (Å²) >= 11 is 0. The number of benzene rings is 2. The number of esters is 1. The van der Waals surface area contributed by atoms with Gasteiger partial charge in [-0.3, -0.25) is 19.7 Å². The first-order chi connectivity index (χ1) is 15.3. The molecule has 7 nitrogen and oxygen atoms in total. The van der Waals surface area contributed by atoms with Gasteiger partial charge in [-0.1, -0.05) is 49.6 Å². The number of ether oxygens (including phenoxy) is 1. The Morgan fingerprint density at radius 3 is 2.34 bits per heavy atom. The van der Waals surface area contributed by atoms with Gasteiger partial charge in [0.25, 0.3) is 0 Å². The zero-order valence-corrected chi connectivity index (χ0v) is 18.5. The Kier molecular flexibility index (Phi) is 5.77. The standard InChI is InChI=1S/C25H28N2O5/c1-4-5-14-25(24(31)32-3)20-19(21(26-25)16-8-12-18(28)13-9-16)22(29)27(23(20)30)17-10-6-15(2)7-11-17/h6-13,19-21,26,28H,4-5,14H2,1-3H3/t19-,20-,21-,25-/m0/s1. The third kappa shape index (κ3) is 3.37. The summed E-state index contributed by atoms with van der Waals surface area (Å²) in [4.78, 5) is 41.8. The smallest absolute Gasteiger partial charge is 0.326 e. The van der Waals surface area contributed by atoms with Crippen LogP contribution in [0, 0.1) is 18.8 Å². The highest BCUT2D eigenvalue weighted by Gasteiger charge is 2.68. The fourth-order valence-electron chi connectivity index (χ4n) is 5.08. The highest BCUT2D eigenvalue weighted by atomic mass is 16.5. The summed E-state index contributed by atoms with van der Waals surface area (Å²) in [5.74, 6) is -2.80. The van der Waals surface area contributed by atoms with Gasteiger partial charge in [0.2, 0.25) is 11.8 Å². The molecule has 2 aromatic carbocycles. The number of anilines is 1. The van der Waals surface area contributed by atoms with Gasteiger partial charge in [0, 0.05) is 6.04 Å². The van der Waals surface area contributed by atoms with Crippen LogP contribution in [0.2, 0.25) is 0 Å². The first kappa shape index (κ1) is 22.0. The van der Waals surface area contributed by atoms with E-state index in [-0.39, 0.29) is 17.6 Å². The van der Waals surface area contributed by atoms with E-state index in [0.717, 1.165) is 17.5 Å². The molecule has 0 spiro atoms. The molecule has 2 aromatic rings. The van der Waals surface area contributed by atoms with Gasteiger partial charge in [-0.2, -0.15) is 0 Å². The summed E-state index contributed by atoms with van der Waals surface area (Å²) < 4.78 is 5.16. The van der Waals surface area contributed by atoms with Crippen molar-refractivity contribution < 1.29 is 24.2 Å². The fourth-order valence-corrected chi connectivity index (χ4v) is 5.08. The van der Waals surface area contributed by atoms with Crippen molar-refractivity contribution in [3.8, 4) is 5.75 Å². The largest absolute Gasteiger partial charge is 0.508 e. The lowest BCUT2D eigenvalue weighted by molar-refractivity contribution is -0.152. The van der Waals surface area contributed by atoms with E-state index in [4.69, 9.17) is 4.74 Å². The normalized spacial score (nSPS) is 27.0. The second-order valence-electron chi connectivity index (χ2n) is 8.63. The minimum atomic E-state index is -1.30. The van der Waals surface area contributed by atoms with Crippen LogP contribution in [0.4, 0.5) is 5.69 Å². The van der Waals surface area contributed by atoms with Crippen LogP contribution in [0.5, 0.6) is 5.75 Å². The van der Waals surface area contributed by atoms with Gasteiger partial charge in [-0.15, -0.1) is 0 Å². The molecule has 0 bridgehead atoms. The van der Waals surface area contributed by atoms with Crippen LogP contribution < -0.4 is 10.2 Å². The fraction of sp³-hybridized carbons (Fsp3) is 0.400. The van der Waals surface area contributed by atoms with Crippen molar-refractivity contribution in [2.24, 2.45) is 11.8 Å². The monoisotopic (exact) mass is 436 g/mol. The van der Waals surface area contributed by atoms with Crippen molar-refractivity contribution in [3.63, 3.8) is 0 Å². The molecule has 2 aliphatic heterocycles. The Labute approximate surface area is 187 Å². The van der Waals surface area contributed by atoms with E-state index in [1.54, 1.807) is 24.3 Å². The van der Waals surface area contributed by atoms with Crippen LogP contribution >= 0.6 is 0 Å². The molecule has 0 saturated carbocycles. The molecule has 2 N–H and O–H groups in total. The Bertz CT molecular complexity index is 1030. The highest BCUT2D eigenvalue weighted by Crippen LogP contribution is 2.51. The zero-order chi connectivity index (χ0) is 23.0. The van der Waals surface area contributed by atoms with E-state index >= 15 is 0 Å². The molecule has 0 unspecified atom stereocenters. The molecule has 32 heavy (non-hydrogen) atoms. The highest BCUT2D eigenvalue weighted by molar-refractivity contribution is 6.24. The number of hydrogen-bond acceptors (Lipinski definition) is 6. The molecular formula is C25H28N2O5. The second kappa shape index (κ2) is 8.39. The van der Waals surface area contributed by atoms with Gasteiger partial charge in [0.05, 0.1) is 24.6 Å². The van der Waals surface area contributed by atoms with Crippen LogP contribution in [-0.4, -0.2) is 35.5 Å². The molecule has 0 radical (unpaired) electrons. The molecular weight excluding hydrogens is 408 g/mol. The number of carbonyl (C=O) groups excluding carboxylic acids is 3. The molecule has 4 atom stereocenters. The first-order valence-corrected chi connectivity index (χ1v) is 10.9. The van der Waals surface area contributed by atoms with Gasteiger partial charge >= 0.3 is 5.97 Å². The summed E-state index contributed by atoms with van der Waals surface area (Å²) in [6.07, 6.45) is 1.90. The molecule has 4 rings (SSSR count). The second-order valence-corrected chi connectivity index (χ2v) is 8.63. The maximum atomic E-state index is 13.7. The average Bonchev–Trinajstić information content (AvgIpc) is 3.27. The van der Waals surface area contributed by atoms with E-state index in [0.29, 0.717) is 18.5 Å². The summed E-state index contributed by atoms with van der Waals surface area (Å²) in [6, 6.07) is 13.1. The topological polar surface area (TPSA) is 95.9 Å². The number of methoxy groups -OCH3 is 1. The number of phenolic OH excluding ortho intramolecular Hbond substituents is 1. The number of aromatic hydroxyl groups is 1. The number of rotatable bonds is 6. The lowest BCUT2D eigenvalue weighted by atomic mass is 9.76. The van der Waals surface area contributed by atoms with E-state index in [1.807, 2.05) is 26.0 Å². The predicted octanol–water partition coefficient (Wildman–Crippen LogP) is 3.25. The number of fused-ring (bicyclic) bond motifs is 1. The Morgan fingerprint density at radius 1 is 1.09 bits per heavy atom. The summed E-state index contributed by atoms with van der Waals surface area (Å²) in [5.41, 5.74) is 0.943. The minimum Gasteiger partial charge on any atom is -0.508 e. The number of nitrogens with one attached hydrogen (secondary N) is 1. The van der Waals surface area contributed by atoms with Crippen molar-refractivity contribution in [3.05, 3.63) is 59.7 Å². The third-order valence-electron chi connectivity index (χ3n) is 6.67. The lowest BCUT2D eigenvalue weighted by Crippen LogP contribution is -2.56. The molecule has 2 saturated heterocycles. The van der Waals surface area contributed by atoms with E-state index in [2.05, 4.69) is 5.32 Å². The minimum absolute atomic E-state index is 0.101. The van der Waals surface area contributed by atoms with Crippen LogP contribution in [-0.2, 0) is 19.1 Å². The van der Waals surface area contributed by atoms with Crippen molar-refractivity contribution >= 4 is 23.5 Å². The van der Waals surface area contributed by atoms with Gasteiger partial charge in [-0.05, 0) is 43.2 Å². The van der Waals surface area contributed by atoms with Crippen molar-refractivity contribution in [2.45, 2.75) is 44.7 Å². The molecule has 2 heterocycles. The summed E-state index contributed by atoms with van der Waals surface area (Å²) in [5, 5.41) is 13.1. The Hall–Kier alpha value is -3.19. The number of nitrogens with zero attached hydrogens (tertiary/aromatic N) is 1. The number of aryl methyl sites for hydroxylation is 1. The summed E-state index contributed by atoms with van der Waals surface area (Å²) in [6.45, 7) is 3.94. The van der Waals surface area contributed by atoms with E-state index in [9.17, 15) is 19.5 Å². The van der Waals surface area contributed by atoms with Crippen LogP contribution in [0.25, 0.3) is 0 Å². The first-order valence-electron chi connectivity index (χ1n) is 10.9. The number of carbonyl (C=O) groups is 3. The lowest BCUT2D eigenvalue weighted by Gasteiger charge is -2.32. The van der Waals surface area contributed by atoms with Crippen LogP contribution in [0.1, 0.15) is 43.4 Å². The SMILES string of the molecule is CCCC[C@]1(C(=O)OC)N[C@@H](c2ccc(O)cc2)[C@H]2C(=O)N(c3ccc(C)cc3)C(=O)[C@H]21. The predicted molar refractivity (Wildman–Crippen MR) is 119 cm³/mol. The number of amides is 2. The van der Waals surface area contributed by atoms with E-state index in [1.165, 1.54) is 24.1 Å². The summed E-state index contributed by atoms with van der Waals surface area (Å²) in [7, 11) is 1.31. The molecule has 7 heteroatoms. The van der Waals surface area contributed by atoms with Gasteiger partial charge in [0.15, 0.2) is 0 Å². The van der Waals surface area contributed by atoms with Gasteiger partial charge in [0.1, 0.15) is 11.3 Å². The Morgan fingerprint density at radius 2 is 1.75 bits per heavy atom. The van der Waals surface area contributed by atoms with Gasteiger partial charge < -0.3 is 9.84 Å². The molecule has 0 aliphatic carbocycles. The van der Waals surface area contributed by atoms with E-state index < -0.39 is 29.4 Å². The maximum absolute atomic E-state index is 13.7. The number of imide groups is 1. The van der Waals surface area contributed by atoms with Crippen molar-refractivity contribution in [1.82, 2.24) is 5.32 Å². The van der Waals surface area contributed by atoms with Crippen molar-refractivity contribution in [2.75, 3.05) is 12.0 Å². The molecule has 168 valence electrons. The number of hydrogen-bond donors (Lipinski definition) is 2. The van der Waals surface area contributed by atoms with Crippen LogP contribution in [0.3, 0.4) is 0 Å². The number of phenols is 1. The Balaban J connectivity index is 1.85. The molecule has 2 aliphatic rings. The maximum Gasteiger partial charge on any atom is 0.326 e. The molecule has 0 aromatic heterocycles. The molecule has 2 fully saturated rings. The van der Waals surface area contributed by atoms with Crippen LogP contribution in [0.15, 0.2) is 48.5 Å². The third-order valence-corrected chi connectivity index (χ3v) is 6.67. The number of unbranched alkanes of at least 4 members (excludes halogenated alkanes) is 1. The average molecular weight is 437 g/mol. The zero-order valence-electron chi connectivity index (χ0n) is 18.5. The van der Waals surface area contributed by atoms with Gasteiger partial charge in [-0.25, -0.2) is 4.90 Å². The molecule has 2 amide bonds.